The second kappa shape index (κ2) is 5.93. The van der Waals surface area contributed by atoms with Gasteiger partial charge >= 0.3 is 0 Å². The first-order chi connectivity index (χ1) is 9.91. The quantitative estimate of drug-likeness (QED) is 0.598. The van der Waals surface area contributed by atoms with Gasteiger partial charge in [-0.05, 0) is 29.2 Å². The van der Waals surface area contributed by atoms with Gasteiger partial charge in [-0.1, -0.05) is 39.0 Å². The minimum atomic E-state index is -0.189. The first-order valence-corrected chi connectivity index (χ1v) is 6.75. The fourth-order valence-electron chi connectivity index (χ4n) is 2.09. The van der Waals surface area contributed by atoms with Crippen molar-refractivity contribution in [1.82, 2.24) is 4.98 Å². The second-order valence-corrected chi connectivity index (χ2v) is 5.82. The molecule has 1 heterocycles. The zero-order valence-corrected chi connectivity index (χ0v) is 12.5. The van der Waals surface area contributed by atoms with Crippen molar-refractivity contribution in [3.8, 4) is 0 Å². The number of aromatic nitrogens is 1. The van der Waals surface area contributed by atoms with Gasteiger partial charge in [-0.2, -0.15) is 0 Å². The van der Waals surface area contributed by atoms with Crippen molar-refractivity contribution in [2.75, 3.05) is 10.7 Å². The van der Waals surface area contributed by atoms with E-state index in [9.17, 15) is 4.79 Å². The van der Waals surface area contributed by atoms with Gasteiger partial charge in [0, 0.05) is 17.4 Å². The third-order valence-electron chi connectivity index (χ3n) is 3.15. The summed E-state index contributed by atoms with van der Waals surface area (Å²) in [6.45, 7) is 6.34. The summed E-state index contributed by atoms with van der Waals surface area (Å²) in [4.78, 5) is 16.3. The van der Waals surface area contributed by atoms with Gasteiger partial charge < -0.3 is 10.7 Å². The van der Waals surface area contributed by atoms with Gasteiger partial charge in [-0.15, -0.1) is 0 Å². The number of nitrogens with two attached hydrogens (primary N) is 1. The van der Waals surface area contributed by atoms with Crippen molar-refractivity contribution in [2.24, 2.45) is 5.84 Å². The highest BCUT2D eigenvalue weighted by Crippen LogP contribution is 2.29. The molecule has 0 aliphatic carbocycles. The van der Waals surface area contributed by atoms with Crippen LogP contribution in [-0.2, 0) is 5.41 Å². The standard InChI is InChI=1S/C16H20N4O/c1-16(2,3)12-6-4-5-7-13(12)19-15(21)11-8-9-18-14(10-11)20-17/h4-10H,17H2,1-3H3,(H,18,20)(H,19,21). The molecule has 2 aromatic rings. The number of carbonyl (C=O) groups is 1. The molecule has 1 amide bonds. The number of anilines is 2. The normalized spacial score (nSPS) is 11.0. The summed E-state index contributed by atoms with van der Waals surface area (Å²) in [7, 11) is 0. The molecular weight excluding hydrogens is 264 g/mol. The summed E-state index contributed by atoms with van der Waals surface area (Å²) in [6.07, 6.45) is 1.54. The molecule has 0 spiro atoms. The number of rotatable bonds is 3. The van der Waals surface area contributed by atoms with E-state index in [4.69, 9.17) is 5.84 Å². The fourth-order valence-corrected chi connectivity index (χ4v) is 2.09. The van der Waals surface area contributed by atoms with Crippen molar-refractivity contribution in [3.63, 3.8) is 0 Å². The molecule has 0 atom stereocenters. The zero-order valence-electron chi connectivity index (χ0n) is 12.5. The molecule has 0 saturated carbocycles. The number of nitrogen functional groups attached to an aromatic ring is 1. The minimum absolute atomic E-state index is 0.0495. The lowest BCUT2D eigenvalue weighted by atomic mass is 9.86. The van der Waals surface area contributed by atoms with Crippen molar-refractivity contribution in [1.29, 1.82) is 0 Å². The molecule has 21 heavy (non-hydrogen) atoms. The molecule has 0 bridgehead atoms. The van der Waals surface area contributed by atoms with Gasteiger partial charge in [0.1, 0.15) is 5.82 Å². The smallest absolute Gasteiger partial charge is 0.255 e. The molecule has 0 radical (unpaired) electrons. The highest BCUT2D eigenvalue weighted by molar-refractivity contribution is 6.05. The van der Waals surface area contributed by atoms with Crippen LogP contribution in [0.3, 0.4) is 0 Å². The lowest BCUT2D eigenvalue weighted by Gasteiger charge is -2.23. The van der Waals surface area contributed by atoms with Crippen LogP contribution < -0.4 is 16.6 Å². The Bertz CT molecular complexity index is 647. The second-order valence-electron chi connectivity index (χ2n) is 5.82. The predicted octanol–water partition coefficient (Wildman–Crippen LogP) is 2.92. The number of nitrogens with one attached hydrogen (secondary N) is 2. The molecule has 0 aliphatic rings. The van der Waals surface area contributed by atoms with Crippen LogP contribution in [0.25, 0.3) is 0 Å². The molecule has 0 fully saturated rings. The molecule has 2 rings (SSSR count). The topological polar surface area (TPSA) is 80.0 Å². The maximum absolute atomic E-state index is 12.4. The maximum atomic E-state index is 12.4. The Morgan fingerprint density at radius 1 is 1.19 bits per heavy atom. The third-order valence-corrected chi connectivity index (χ3v) is 3.15. The van der Waals surface area contributed by atoms with E-state index in [0.717, 1.165) is 11.3 Å². The summed E-state index contributed by atoms with van der Waals surface area (Å²) < 4.78 is 0. The van der Waals surface area contributed by atoms with Gasteiger partial charge in [0.05, 0.1) is 0 Å². The number of pyridine rings is 1. The van der Waals surface area contributed by atoms with E-state index in [-0.39, 0.29) is 11.3 Å². The highest BCUT2D eigenvalue weighted by atomic mass is 16.1. The monoisotopic (exact) mass is 284 g/mol. The molecule has 1 aromatic heterocycles. The van der Waals surface area contributed by atoms with Crippen LogP contribution in [0.1, 0.15) is 36.7 Å². The zero-order chi connectivity index (χ0) is 15.5. The largest absolute Gasteiger partial charge is 0.322 e. The maximum Gasteiger partial charge on any atom is 0.255 e. The molecule has 1 aromatic carbocycles. The van der Waals surface area contributed by atoms with Crippen LogP contribution in [0, 0.1) is 0 Å². The number of para-hydroxylation sites is 1. The van der Waals surface area contributed by atoms with Crippen LogP contribution in [-0.4, -0.2) is 10.9 Å². The predicted molar refractivity (Wildman–Crippen MR) is 85.1 cm³/mol. The van der Waals surface area contributed by atoms with Crippen molar-refractivity contribution in [3.05, 3.63) is 53.7 Å². The number of hydrazine groups is 1. The van der Waals surface area contributed by atoms with E-state index in [2.05, 4.69) is 36.5 Å². The Morgan fingerprint density at radius 3 is 2.57 bits per heavy atom. The minimum Gasteiger partial charge on any atom is -0.322 e. The van der Waals surface area contributed by atoms with E-state index in [0.29, 0.717) is 11.4 Å². The SMILES string of the molecule is CC(C)(C)c1ccccc1NC(=O)c1ccnc(NN)c1. The van der Waals surface area contributed by atoms with Crippen LogP contribution in [0.4, 0.5) is 11.5 Å². The number of carbonyl (C=O) groups excluding carboxylic acids is 1. The van der Waals surface area contributed by atoms with E-state index in [1.807, 2.05) is 24.3 Å². The average Bonchev–Trinajstić information content (AvgIpc) is 2.46. The van der Waals surface area contributed by atoms with Gasteiger partial charge in [0.15, 0.2) is 0 Å². The number of hydrogen-bond donors (Lipinski definition) is 3. The summed E-state index contributed by atoms with van der Waals surface area (Å²) in [5.74, 6) is 5.57. The summed E-state index contributed by atoms with van der Waals surface area (Å²) in [6, 6.07) is 11.1. The molecule has 5 nitrogen and oxygen atoms in total. The number of hydrogen-bond acceptors (Lipinski definition) is 4. The van der Waals surface area contributed by atoms with Crippen LogP contribution in [0.5, 0.6) is 0 Å². The Morgan fingerprint density at radius 2 is 1.90 bits per heavy atom. The average molecular weight is 284 g/mol. The van der Waals surface area contributed by atoms with Gasteiger partial charge in [-0.25, -0.2) is 10.8 Å². The lowest BCUT2D eigenvalue weighted by Crippen LogP contribution is -2.19. The Kier molecular flexibility index (Phi) is 4.23. The Hall–Kier alpha value is -2.40. The van der Waals surface area contributed by atoms with E-state index in [1.54, 1.807) is 18.3 Å². The van der Waals surface area contributed by atoms with Gasteiger partial charge in [0.2, 0.25) is 0 Å². The van der Waals surface area contributed by atoms with E-state index < -0.39 is 0 Å². The first-order valence-electron chi connectivity index (χ1n) is 6.75. The third kappa shape index (κ3) is 3.58. The Labute approximate surface area is 124 Å². The molecule has 0 saturated heterocycles. The van der Waals surface area contributed by atoms with E-state index >= 15 is 0 Å². The fraction of sp³-hybridized carbons (Fsp3) is 0.250. The van der Waals surface area contributed by atoms with Gasteiger partial charge in [0.25, 0.3) is 5.91 Å². The van der Waals surface area contributed by atoms with Crippen LogP contribution in [0.15, 0.2) is 42.6 Å². The summed E-state index contributed by atoms with van der Waals surface area (Å²) in [5, 5.41) is 2.95. The highest BCUT2D eigenvalue weighted by Gasteiger charge is 2.19. The molecular formula is C16H20N4O. The number of nitrogens with zero attached hydrogens (tertiary/aromatic N) is 1. The summed E-state index contributed by atoms with van der Waals surface area (Å²) >= 11 is 0. The van der Waals surface area contributed by atoms with Crippen molar-refractivity contribution < 1.29 is 4.79 Å². The van der Waals surface area contributed by atoms with E-state index in [1.165, 1.54) is 0 Å². The molecule has 4 N–H and O–H groups in total. The molecule has 0 unspecified atom stereocenters. The number of amides is 1. The first kappa shape index (κ1) is 15.0. The van der Waals surface area contributed by atoms with Gasteiger partial charge in [-0.3, -0.25) is 4.79 Å². The number of benzene rings is 1. The summed E-state index contributed by atoms with van der Waals surface area (Å²) in [5.41, 5.74) is 4.78. The van der Waals surface area contributed by atoms with Crippen LogP contribution >= 0.6 is 0 Å². The molecule has 110 valence electrons. The lowest BCUT2D eigenvalue weighted by molar-refractivity contribution is 0.102. The van der Waals surface area contributed by atoms with Crippen molar-refractivity contribution >= 4 is 17.4 Å². The van der Waals surface area contributed by atoms with Crippen LogP contribution in [0.2, 0.25) is 0 Å². The molecule has 5 heteroatoms. The molecule has 0 aliphatic heterocycles. The van der Waals surface area contributed by atoms with Crippen molar-refractivity contribution in [2.45, 2.75) is 26.2 Å². The Balaban J connectivity index is 2.28.